The third-order valence-electron chi connectivity index (χ3n) is 5.37. The zero-order chi connectivity index (χ0) is 19.9. The van der Waals surface area contributed by atoms with Gasteiger partial charge in [-0.15, -0.1) is 0 Å². The van der Waals surface area contributed by atoms with Crippen molar-refractivity contribution in [3.63, 3.8) is 0 Å². The smallest absolute Gasteiger partial charge is 0.191 e. The minimum Gasteiger partial charge on any atom is -0.379 e. The molecule has 2 aromatic rings. The highest BCUT2D eigenvalue weighted by Gasteiger charge is 2.23. The number of hydrogen-bond donors (Lipinski definition) is 2. The molecule has 0 bridgehead atoms. The van der Waals surface area contributed by atoms with Crippen molar-refractivity contribution in [3.8, 4) is 0 Å². The minimum absolute atomic E-state index is 0.462. The number of guanidine groups is 1. The average Bonchev–Trinajstić information content (AvgIpc) is 3.03. The summed E-state index contributed by atoms with van der Waals surface area (Å²) < 4.78 is 7.63. The summed E-state index contributed by atoms with van der Waals surface area (Å²) in [6, 6.07) is 8.66. The molecule has 0 radical (unpaired) electrons. The molecular weight excluding hydrogens is 352 g/mol. The monoisotopic (exact) mass is 386 g/mol. The number of ether oxygens (including phenoxy) is 1. The molecule has 1 aromatic carbocycles. The van der Waals surface area contributed by atoms with Crippen LogP contribution in [-0.2, 0) is 18.3 Å². The first kappa shape index (κ1) is 20.6. The van der Waals surface area contributed by atoms with E-state index in [-0.39, 0.29) is 0 Å². The first-order valence-electron chi connectivity index (χ1n) is 10.3. The highest BCUT2D eigenvalue weighted by molar-refractivity contribution is 5.80. The Kier molecular flexibility index (Phi) is 7.28. The van der Waals surface area contributed by atoms with E-state index < -0.39 is 0 Å². The van der Waals surface area contributed by atoms with E-state index in [9.17, 15) is 0 Å². The van der Waals surface area contributed by atoms with Crippen molar-refractivity contribution in [2.75, 3.05) is 39.4 Å². The Labute approximate surface area is 168 Å². The van der Waals surface area contributed by atoms with Crippen molar-refractivity contribution in [3.05, 3.63) is 30.1 Å². The van der Waals surface area contributed by atoms with Gasteiger partial charge in [-0.3, -0.25) is 4.90 Å². The number of fused-ring (bicyclic) bond motifs is 1. The van der Waals surface area contributed by atoms with E-state index in [4.69, 9.17) is 14.7 Å². The molecule has 2 heterocycles. The SMILES string of the molecule is CCNC(=NCc1nc2ccccc2n1C)NCC(C(C)C)N1CCOCC1. The number of aryl methyl sites for hydroxylation is 1. The molecule has 28 heavy (non-hydrogen) atoms. The second-order valence-electron chi connectivity index (χ2n) is 7.61. The molecule has 7 nitrogen and oxygen atoms in total. The second kappa shape index (κ2) is 9.89. The van der Waals surface area contributed by atoms with Gasteiger partial charge in [-0.1, -0.05) is 26.0 Å². The zero-order valence-corrected chi connectivity index (χ0v) is 17.6. The maximum absolute atomic E-state index is 5.51. The summed E-state index contributed by atoms with van der Waals surface area (Å²) >= 11 is 0. The molecule has 1 aromatic heterocycles. The highest BCUT2D eigenvalue weighted by Crippen LogP contribution is 2.15. The summed E-state index contributed by atoms with van der Waals surface area (Å²) in [7, 11) is 2.05. The Morgan fingerprint density at radius 1 is 1.21 bits per heavy atom. The van der Waals surface area contributed by atoms with Gasteiger partial charge in [-0.05, 0) is 25.0 Å². The molecule has 0 amide bonds. The van der Waals surface area contributed by atoms with Gasteiger partial charge in [0.1, 0.15) is 12.4 Å². The van der Waals surface area contributed by atoms with Gasteiger partial charge in [0, 0.05) is 39.3 Å². The predicted molar refractivity (Wildman–Crippen MR) is 115 cm³/mol. The molecule has 2 N–H and O–H groups in total. The van der Waals surface area contributed by atoms with Crippen LogP contribution in [0.25, 0.3) is 11.0 Å². The van der Waals surface area contributed by atoms with Crippen LogP contribution >= 0.6 is 0 Å². The standard InChI is InChI=1S/C21H34N6O/c1-5-22-21(23-14-19(16(2)3)27-10-12-28-13-11-27)24-15-20-25-17-8-6-7-9-18(17)26(20)4/h6-9,16,19H,5,10-15H2,1-4H3,(H2,22,23,24). The van der Waals surface area contributed by atoms with Crippen molar-refractivity contribution in [2.24, 2.45) is 18.0 Å². The van der Waals surface area contributed by atoms with Crippen LogP contribution in [0.15, 0.2) is 29.3 Å². The molecule has 1 saturated heterocycles. The molecule has 1 aliphatic heterocycles. The van der Waals surface area contributed by atoms with Crippen LogP contribution in [0.3, 0.4) is 0 Å². The maximum Gasteiger partial charge on any atom is 0.191 e. The van der Waals surface area contributed by atoms with E-state index in [1.807, 2.05) is 25.2 Å². The van der Waals surface area contributed by atoms with E-state index in [0.717, 1.165) is 62.2 Å². The number of hydrogen-bond acceptors (Lipinski definition) is 4. The van der Waals surface area contributed by atoms with Crippen molar-refractivity contribution in [2.45, 2.75) is 33.4 Å². The Balaban J connectivity index is 1.66. The fourth-order valence-electron chi connectivity index (χ4n) is 3.73. The normalized spacial score (nSPS) is 17.2. The van der Waals surface area contributed by atoms with Crippen LogP contribution in [-0.4, -0.2) is 65.8 Å². The van der Waals surface area contributed by atoms with E-state index in [1.165, 1.54) is 0 Å². The van der Waals surface area contributed by atoms with Gasteiger partial charge in [0.15, 0.2) is 5.96 Å². The topological polar surface area (TPSA) is 66.7 Å². The lowest BCUT2D eigenvalue weighted by Gasteiger charge is -2.37. The second-order valence-corrected chi connectivity index (χ2v) is 7.61. The number of aromatic nitrogens is 2. The molecule has 1 aliphatic rings. The van der Waals surface area contributed by atoms with Crippen molar-refractivity contribution in [1.29, 1.82) is 0 Å². The van der Waals surface area contributed by atoms with Gasteiger partial charge in [-0.25, -0.2) is 9.98 Å². The molecule has 0 saturated carbocycles. The van der Waals surface area contributed by atoms with Crippen LogP contribution in [0.5, 0.6) is 0 Å². The maximum atomic E-state index is 5.51. The van der Waals surface area contributed by atoms with Crippen LogP contribution in [0.2, 0.25) is 0 Å². The first-order valence-corrected chi connectivity index (χ1v) is 10.3. The largest absolute Gasteiger partial charge is 0.379 e. The minimum atomic E-state index is 0.462. The summed E-state index contributed by atoms with van der Waals surface area (Å²) in [5, 5.41) is 6.90. The molecule has 0 aliphatic carbocycles. The molecule has 1 unspecified atom stereocenters. The molecule has 3 rings (SSSR count). The van der Waals surface area contributed by atoms with Gasteiger partial charge in [0.2, 0.25) is 0 Å². The number of benzene rings is 1. The molecule has 154 valence electrons. The Morgan fingerprint density at radius 3 is 2.64 bits per heavy atom. The quantitative estimate of drug-likeness (QED) is 0.563. The number of aliphatic imine (C=N–C) groups is 1. The van der Waals surface area contributed by atoms with Gasteiger partial charge in [-0.2, -0.15) is 0 Å². The molecule has 1 fully saturated rings. The van der Waals surface area contributed by atoms with Crippen LogP contribution in [0.4, 0.5) is 0 Å². The fraction of sp³-hybridized carbons (Fsp3) is 0.619. The Bertz CT molecular complexity index is 778. The fourth-order valence-corrected chi connectivity index (χ4v) is 3.73. The van der Waals surface area contributed by atoms with Crippen molar-refractivity contribution >= 4 is 17.0 Å². The van der Waals surface area contributed by atoms with Gasteiger partial charge < -0.3 is 19.9 Å². The third-order valence-corrected chi connectivity index (χ3v) is 5.37. The highest BCUT2D eigenvalue weighted by atomic mass is 16.5. The Hall–Kier alpha value is -2.12. The number of nitrogens with one attached hydrogen (secondary N) is 2. The van der Waals surface area contributed by atoms with E-state index >= 15 is 0 Å². The summed E-state index contributed by atoms with van der Waals surface area (Å²) in [5.74, 6) is 2.37. The molecule has 0 spiro atoms. The molecule has 1 atom stereocenters. The van der Waals surface area contributed by atoms with Crippen molar-refractivity contribution < 1.29 is 4.74 Å². The number of imidazole rings is 1. The number of rotatable bonds is 7. The lowest BCUT2D eigenvalue weighted by molar-refractivity contribution is 0.00752. The summed E-state index contributed by atoms with van der Waals surface area (Å²) in [4.78, 5) is 12.0. The van der Waals surface area contributed by atoms with Gasteiger partial charge in [0.05, 0.1) is 24.2 Å². The summed E-state index contributed by atoms with van der Waals surface area (Å²) in [5.41, 5.74) is 2.15. The lowest BCUT2D eigenvalue weighted by atomic mass is 10.0. The average molecular weight is 387 g/mol. The van der Waals surface area contributed by atoms with Gasteiger partial charge >= 0.3 is 0 Å². The number of nitrogens with zero attached hydrogens (tertiary/aromatic N) is 4. The predicted octanol–water partition coefficient (Wildman–Crippen LogP) is 1.99. The van der Waals surface area contributed by atoms with Crippen LogP contribution in [0.1, 0.15) is 26.6 Å². The first-order chi connectivity index (χ1) is 13.6. The van der Waals surface area contributed by atoms with E-state index in [1.54, 1.807) is 0 Å². The number of morpholine rings is 1. The van der Waals surface area contributed by atoms with Crippen LogP contribution < -0.4 is 10.6 Å². The van der Waals surface area contributed by atoms with E-state index in [2.05, 4.69) is 46.9 Å². The lowest BCUT2D eigenvalue weighted by Crippen LogP contribution is -2.52. The number of para-hydroxylation sites is 2. The summed E-state index contributed by atoms with van der Waals surface area (Å²) in [6.45, 7) is 12.5. The Morgan fingerprint density at radius 2 is 1.96 bits per heavy atom. The van der Waals surface area contributed by atoms with E-state index in [0.29, 0.717) is 18.5 Å². The van der Waals surface area contributed by atoms with Crippen LogP contribution in [0, 0.1) is 5.92 Å². The molecule has 7 heteroatoms. The molecular formula is C21H34N6O. The van der Waals surface area contributed by atoms with Crippen molar-refractivity contribution in [1.82, 2.24) is 25.1 Å². The van der Waals surface area contributed by atoms with Gasteiger partial charge in [0.25, 0.3) is 0 Å². The zero-order valence-electron chi connectivity index (χ0n) is 17.6. The third kappa shape index (κ3) is 5.02. The summed E-state index contributed by atoms with van der Waals surface area (Å²) in [6.07, 6.45) is 0.